The van der Waals surface area contributed by atoms with Crippen molar-refractivity contribution in [2.45, 2.75) is 26.4 Å². The van der Waals surface area contributed by atoms with Crippen molar-refractivity contribution >= 4 is 35.0 Å². The Morgan fingerprint density at radius 1 is 1.35 bits per heavy atom. The van der Waals surface area contributed by atoms with Crippen LogP contribution in [0.3, 0.4) is 0 Å². The molecule has 1 saturated heterocycles. The zero-order chi connectivity index (χ0) is 14.9. The molecular formula is C14H16Cl2N2O2. The highest BCUT2D eigenvalue weighted by atomic mass is 35.5. The van der Waals surface area contributed by atoms with Crippen molar-refractivity contribution in [1.29, 1.82) is 0 Å². The third-order valence-corrected chi connectivity index (χ3v) is 3.87. The van der Waals surface area contributed by atoms with Crippen LogP contribution < -0.4 is 5.32 Å². The molecule has 0 spiro atoms. The number of rotatable bonds is 3. The van der Waals surface area contributed by atoms with Crippen LogP contribution in [-0.2, 0) is 16.1 Å². The fourth-order valence-corrected chi connectivity index (χ4v) is 2.56. The lowest BCUT2D eigenvalue weighted by molar-refractivity contribution is -0.146. The number of amides is 2. The van der Waals surface area contributed by atoms with Crippen LogP contribution in [0.5, 0.6) is 0 Å². The smallest absolute Gasteiger partial charge is 0.246 e. The summed E-state index contributed by atoms with van der Waals surface area (Å²) in [6, 6.07) is 4.62. The topological polar surface area (TPSA) is 49.4 Å². The van der Waals surface area contributed by atoms with Gasteiger partial charge in [0.25, 0.3) is 0 Å². The number of halogens is 2. The van der Waals surface area contributed by atoms with Gasteiger partial charge in [-0.2, -0.15) is 0 Å². The summed E-state index contributed by atoms with van der Waals surface area (Å²) in [6.45, 7) is 4.14. The number of benzene rings is 1. The van der Waals surface area contributed by atoms with Gasteiger partial charge >= 0.3 is 0 Å². The lowest BCUT2D eigenvalue weighted by Crippen LogP contribution is -2.59. The average Bonchev–Trinajstić information content (AvgIpc) is 2.37. The second-order valence-electron chi connectivity index (χ2n) is 5.22. The Morgan fingerprint density at radius 2 is 2.05 bits per heavy atom. The van der Waals surface area contributed by atoms with Gasteiger partial charge in [0.15, 0.2) is 0 Å². The van der Waals surface area contributed by atoms with Gasteiger partial charge < -0.3 is 10.2 Å². The first-order chi connectivity index (χ1) is 9.38. The van der Waals surface area contributed by atoms with Gasteiger partial charge in [-0.1, -0.05) is 37.0 Å². The Labute approximate surface area is 128 Å². The lowest BCUT2D eigenvalue weighted by Gasteiger charge is -2.34. The van der Waals surface area contributed by atoms with E-state index in [1.54, 1.807) is 18.2 Å². The first-order valence-electron chi connectivity index (χ1n) is 6.40. The first-order valence-corrected chi connectivity index (χ1v) is 7.16. The number of carbonyl (C=O) groups is 2. The van der Waals surface area contributed by atoms with Gasteiger partial charge in [-0.25, -0.2) is 0 Å². The molecule has 1 N–H and O–H groups in total. The summed E-state index contributed by atoms with van der Waals surface area (Å²) in [5.41, 5.74) is 0.740. The molecule has 0 aliphatic carbocycles. The van der Waals surface area contributed by atoms with Crippen LogP contribution in [0.25, 0.3) is 0 Å². The number of nitrogens with zero attached hydrogens (tertiary/aromatic N) is 1. The van der Waals surface area contributed by atoms with E-state index < -0.39 is 6.04 Å². The van der Waals surface area contributed by atoms with Crippen molar-refractivity contribution in [3.8, 4) is 0 Å². The van der Waals surface area contributed by atoms with E-state index in [0.717, 1.165) is 5.56 Å². The lowest BCUT2D eigenvalue weighted by atomic mass is 10.0. The van der Waals surface area contributed by atoms with Crippen LogP contribution in [0.2, 0.25) is 10.0 Å². The molecule has 1 aliphatic rings. The van der Waals surface area contributed by atoms with Gasteiger partial charge in [0.05, 0.1) is 6.54 Å². The Hall–Kier alpha value is -1.26. The SMILES string of the molecule is CC(C)C1NC(=O)CN(Cc2cc(Cl)ccc2Cl)C1=O. The van der Waals surface area contributed by atoms with Crippen LogP contribution in [0, 0.1) is 5.92 Å². The molecule has 20 heavy (non-hydrogen) atoms. The highest BCUT2D eigenvalue weighted by molar-refractivity contribution is 6.33. The summed E-state index contributed by atoms with van der Waals surface area (Å²) < 4.78 is 0. The van der Waals surface area contributed by atoms with E-state index in [1.807, 2.05) is 13.8 Å². The molecule has 2 amide bonds. The summed E-state index contributed by atoms with van der Waals surface area (Å²) in [5, 5.41) is 3.81. The van der Waals surface area contributed by atoms with Gasteiger partial charge in [-0.15, -0.1) is 0 Å². The van der Waals surface area contributed by atoms with Crippen molar-refractivity contribution in [3.05, 3.63) is 33.8 Å². The quantitative estimate of drug-likeness (QED) is 0.931. The second-order valence-corrected chi connectivity index (χ2v) is 6.06. The van der Waals surface area contributed by atoms with Gasteiger partial charge in [0.2, 0.25) is 11.8 Å². The summed E-state index contributed by atoms with van der Waals surface area (Å²) in [5.74, 6) is -0.193. The maximum Gasteiger partial charge on any atom is 0.246 e. The standard InChI is InChI=1S/C14H16Cl2N2O2/c1-8(2)13-14(20)18(7-12(19)17-13)6-9-5-10(15)3-4-11(9)16/h3-5,8,13H,6-7H2,1-2H3,(H,17,19). The van der Waals surface area contributed by atoms with E-state index in [1.165, 1.54) is 4.90 Å². The third-order valence-electron chi connectivity index (χ3n) is 3.26. The number of hydrogen-bond donors (Lipinski definition) is 1. The molecule has 0 bridgehead atoms. The molecule has 0 radical (unpaired) electrons. The number of nitrogens with one attached hydrogen (secondary N) is 1. The number of carbonyl (C=O) groups excluding carboxylic acids is 2. The van der Waals surface area contributed by atoms with Crippen molar-refractivity contribution < 1.29 is 9.59 Å². The van der Waals surface area contributed by atoms with Crippen molar-refractivity contribution in [1.82, 2.24) is 10.2 Å². The van der Waals surface area contributed by atoms with Crippen LogP contribution in [0.15, 0.2) is 18.2 Å². The predicted molar refractivity (Wildman–Crippen MR) is 78.6 cm³/mol. The molecule has 1 unspecified atom stereocenters. The Morgan fingerprint density at radius 3 is 2.70 bits per heavy atom. The number of hydrogen-bond acceptors (Lipinski definition) is 2. The Balaban J connectivity index is 2.21. The largest absolute Gasteiger partial charge is 0.343 e. The highest BCUT2D eigenvalue weighted by Gasteiger charge is 2.34. The van der Waals surface area contributed by atoms with Gasteiger partial charge in [0, 0.05) is 16.6 Å². The van der Waals surface area contributed by atoms with Gasteiger partial charge in [-0.3, -0.25) is 9.59 Å². The van der Waals surface area contributed by atoms with E-state index in [4.69, 9.17) is 23.2 Å². The van der Waals surface area contributed by atoms with E-state index in [9.17, 15) is 9.59 Å². The molecular weight excluding hydrogens is 299 g/mol. The maximum absolute atomic E-state index is 12.3. The average molecular weight is 315 g/mol. The molecule has 1 atom stereocenters. The van der Waals surface area contributed by atoms with Gasteiger partial charge in [0.1, 0.15) is 6.04 Å². The Kier molecular flexibility index (Phi) is 4.55. The Bertz CT molecular complexity index is 546. The predicted octanol–water partition coefficient (Wildman–Crippen LogP) is 2.48. The zero-order valence-electron chi connectivity index (χ0n) is 11.3. The molecule has 108 valence electrons. The third kappa shape index (κ3) is 3.25. The fraction of sp³-hybridized carbons (Fsp3) is 0.429. The summed E-state index contributed by atoms with van der Waals surface area (Å²) in [4.78, 5) is 25.6. The van der Waals surface area contributed by atoms with E-state index in [0.29, 0.717) is 10.0 Å². The van der Waals surface area contributed by atoms with E-state index >= 15 is 0 Å². The molecule has 1 aromatic rings. The second kappa shape index (κ2) is 6.02. The summed E-state index contributed by atoms with van der Waals surface area (Å²) in [6.07, 6.45) is 0. The van der Waals surface area contributed by atoms with Crippen molar-refractivity contribution in [3.63, 3.8) is 0 Å². The van der Waals surface area contributed by atoms with Crippen LogP contribution >= 0.6 is 23.2 Å². The van der Waals surface area contributed by atoms with E-state index in [-0.39, 0.29) is 30.8 Å². The molecule has 0 saturated carbocycles. The minimum absolute atomic E-state index is 0.0454. The summed E-state index contributed by atoms with van der Waals surface area (Å²) >= 11 is 12.0. The van der Waals surface area contributed by atoms with Crippen molar-refractivity contribution in [2.75, 3.05) is 6.54 Å². The minimum Gasteiger partial charge on any atom is -0.343 e. The van der Waals surface area contributed by atoms with Crippen LogP contribution in [0.1, 0.15) is 19.4 Å². The van der Waals surface area contributed by atoms with Crippen molar-refractivity contribution in [2.24, 2.45) is 5.92 Å². The number of piperazine rings is 1. The molecule has 0 aromatic heterocycles. The maximum atomic E-state index is 12.3. The molecule has 2 rings (SSSR count). The molecule has 1 heterocycles. The van der Waals surface area contributed by atoms with Gasteiger partial charge in [-0.05, 0) is 29.7 Å². The normalized spacial score (nSPS) is 19.4. The molecule has 6 heteroatoms. The minimum atomic E-state index is -0.478. The fourth-order valence-electron chi connectivity index (χ4n) is 2.18. The molecule has 1 fully saturated rings. The highest BCUT2D eigenvalue weighted by Crippen LogP contribution is 2.23. The molecule has 1 aliphatic heterocycles. The summed E-state index contributed by atoms with van der Waals surface area (Å²) in [7, 11) is 0. The molecule has 1 aromatic carbocycles. The monoisotopic (exact) mass is 314 g/mol. The van der Waals surface area contributed by atoms with E-state index in [2.05, 4.69) is 5.32 Å². The van der Waals surface area contributed by atoms with Crippen LogP contribution in [0.4, 0.5) is 0 Å². The molecule has 4 nitrogen and oxygen atoms in total. The zero-order valence-corrected chi connectivity index (χ0v) is 12.8. The first kappa shape index (κ1) is 15.1. The van der Waals surface area contributed by atoms with Crippen LogP contribution in [-0.4, -0.2) is 29.3 Å².